The molecule has 0 spiro atoms. The number of alkyl halides is 3. The Hall–Kier alpha value is -2.34. The normalized spacial score (nSPS) is 23.7. The molecule has 2 aliphatic rings. The second-order valence-electron chi connectivity index (χ2n) is 12.6. The van der Waals surface area contributed by atoms with Crippen LogP contribution in [-0.2, 0) is 21.0 Å². The summed E-state index contributed by atoms with van der Waals surface area (Å²) in [5, 5.41) is 12.9. The molecule has 38 heavy (non-hydrogen) atoms. The molecule has 4 atom stereocenters. The van der Waals surface area contributed by atoms with Crippen molar-refractivity contribution in [3.63, 3.8) is 0 Å². The summed E-state index contributed by atoms with van der Waals surface area (Å²) < 4.78 is 67.1. The Bertz CT molecular complexity index is 1160. The average molecular weight is 562 g/mol. The highest BCUT2D eigenvalue weighted by Gasteiger charge is 2.48. The molecule has 0 bridgehead atoms. The van der Waals surface area contributed by atoms with E-state index in [2.05, 4.69) is 5.32 Å². The van der Waals surface area contributed by atoms with Crippen molar-refractivity contribution < 1.29 is 36.3 Å². The highest BCUT2D eigenvalue weighted by molar-refractivity contribution is 7.89. The van der Waals surface area contributed by atoms with Crippen molar-refractivity contribution >= 4 is 22.0 Å². The minimum Gasteiger partial charge on any atom is -0.465 e. The van der Waals surface area contributed by atoms with Crippen molar-refractivity contribution in [2.24, 2.45) is 17.3 Å². The minimum atomic E-state index is -4.66. The molecule has 1 aromatic rings. The van der Waals surface area contributed by atoms with Crippen molar-refractivity contribution in [2.45, 2.75) is 89.5 Å². The van der Waals surface area contributed by atoms with E-state index < -0.39 is 50.2 Å². The van der Waals surface area contributed by atoms with Gasteiger partial charge in [-0.05, 0) is 75.5 Å². The van der Waals surface area contributed by atoms with Gasteiger partial charge >= 0.3 is 12.3 Å². The number of carbonyl (C=O) groups excluding carboxylic acids is 1. The lowest BCUT2D eigenvalue weighted by Gasteiger charge is -2.41. The summed E-state index contributed by atoms with van der Waals surface area (Å²) in [5.74, 6) is -0.704. The van der Waals surface area contributed by atoms with Gasteiger partial charge in [0.2, 0.25) is 15.9 Å². The van der Waals surface area contributed by atoms with Gasteiger partial charge in [0.25, 0.3) is 0 Å². The molecule has 12 heteroatoms. The maximum Gasteiger partial charge on any atom is 0.416 e. The number of benzene rings is 1. The molecule has 1 aromatic carbocycles. The Morgan fingerprint density at radius 3 is 2.26 bits per heavy atom. The third-order valence-electron chi connectivity index (χ3n) is 7.30. The number of hydrogen-bond acceptors (Lipinski definition) is 4. The van der Waals surface area contributed by atoms with Gasteiger partial charge in [0.1, 0.15) is 6.04 Å². The SMILES string of the molecule is CC(C)(C)C[C@@H](C(=O)N[C@H]1CC[C@@H]2CN(S(=O)(=O)c3cccc(C(F)(F)F)c3)C[C@@H]21)N(C(=O)O)C(C)(C)C. The van der Waals surface area contributed by atoms with Gasteiger partial charge in [-0.3, -0.25) is 9.69 Å². The third-order valence-corrected chi connectivity index (χ3v) is 9.13. The molecule has 214 valence electrons. The molecule has 1 aliphatic carbocycles. The summed E-state index contributed by atoms with van der Waals surface area (Å²) in [5.41, 5.74) is -2.21. The highest BCUT2D eigenvalue weighted by atomic mass is 32.2. The van der Waals surface area contributed by atoms with E-state index in [1.807, 2.05) is 20.8 Å². The maximum atomic E-state index is 13.5. The molecule has 3 rings (SSSR count). The highest BCUT2D eigenvalue weighted by Crippen LogP contribution is 2.41. The fourth-order valence-electron chi connectivity index (χ4n) is 5.63. The Kier molecular flexibility index (Phi) is 8.21. The summed E-state index contributed by atoms with van der Waals surface area (Å²) in [4.78, 5) is 26.5. The first-order valence-electron chi connectivity index (χ1n) is 12.7. The summed E-state index contributed by atoms with van der Waals surface area (Å²) in [6, 6.07) is 2.39. The molecule has 2 fully saturated rings. The van der Waals surface area contributed by atoms with E-state index in [1.54, 1.807) is 20.8 Å². The number of sulfonamides is 1. The first-order chi connectivity index (χ1) is 17.2. The zero-order valence-electron chi connectivity index (χ0n) is 22.7. The first-order valence-corrected chi connectivity index (χ1v) is 14.2. The molecule has 1 saturated heterocycles. The van der Waals surface area contributed by atoms with Crippen molar-refractivity contribution in [3.05, 3.63) is 29.8 Å². The quantitative estimate of drug-likeness (QED) is 0.519. The van der Waals surface area contributed by atoms with Gasteiger partial charge in [-0.2, -0.15) is 17.5 Å². The van der Waals surface area contributed by atoms with E-state index >= 15 is 0 Å². The molecule has 0 radical (unpaired) electrons. The van der Waals surface area contributed by atoms with Gasteiger partial charge in [0, 0.05) is 24.7 Å². The minimum absolute atomic E-state index is 0.0554. The van der Waals surface area contributed by atoms with Crippen molar-refractivity contribution in [1.29, 1.82) is 0 Å². The lowest BCUT2D eigenvalue weighted by Crippen LogP contribution is -2.59. The molecular weight excluding hydrogens is 523 g/mol. The lowest BCUT2D eigenvalue weighted by molar-refractivity contribution is -0.137. The predicted molar refractivity (Wildman–Crippen MR) is 136 cm³/mol. The van der Waals surface area contributed by atoms with E-state index in [0.29, 0.717) is 25.3 Å². The average Bonchev–Trinajstić information content (AvgIpc) is 3.33. The predicted octanol–water partition coefficient (Wildman–Crippen LogP) is 4.80. The number of amides is 2. The van der Waals surface area contributed by atoms with Crippen LogP contribution in [0.4, 0.5) is 18.0 Å². The molecule has 1 heterocycles. The second kappa shape index (κ2) is 10.3. The number of nitrogens with one attached hydrogen (secondary N) is 1. The monoisotopic (exact) mass is 561 g/mol. The molecule has 1 aliphatic heterocycles. The Morgan fingerprint density at radius 1 is 1.11 bits per heavy atom. The Labute approximate surface area is 222 Å². The molecule has 2 amide bonds. The van der Waals surface area contributed by atoms with E-state index in [1.165, 1.54) is 9.21 Å². The van der Waals surface area contributed by atoms with Crippen molar-refractivity contribution in [3.8, 4) is 0 Å². The van der Waals surface area contributed by atoms with Crippen LogP contribution in [0.5, 0.6) is 0 Å². The number of fused-ring (bicyclic) bond motifs is 1. The van der Waals surface area contributed by atoms with E-state index in [9.17, 15) is 36.3 Å². The Balaban J connectivity index is 1.80. The Morgan fingerprint density at radius 2 is 1.74 bits per heavy atom. The zero-order valence-corrected chi connectivity index (χ0v) is 23.5. The largest absolute Gasteiger partial charge is 0.465 e. The third kappa shape index (κ3) is 6.62. The van der Waals surface area contributed by atoms with E-state index in [-0.39, 0.29) is 36.4 Å². The number of nitrogens with zero attached hydrogens (tertiary/aromatic N) is 2. The number of carboxylic acid groups (broad SMARTS) is 1. The van der Waals surface area contributed by atoms with Crippen LogP contribution in [0.1, 0.15) is 66.4 Å². The van der Waals surface area contributed by atoms with Crippen LogP contribution >= 0.6 is 0 Å². The lowest BCUT2D eigenvalue weighted by atomic mass is 9.85. The topological polar surface area (TPSA) is 107 Å². The van der Waals surface area contributed by atoms with Crippen molar-refractivity contribution in [2.75, 3.05) is 13.1 Å². The van der Waals surface area contributed by atoms with Crippen LogP contribution < -0.4 is 5.32 Å². The summed E-state index contributed by atoms with van der Waals surface area (Å²) in [6.45, 7) is 11.2. The molecule has 0 aromatic heterocycles. The molecule has 0 unspecified atom stereocenters. The van der Waals surface area contributed by atoms with Gasteiger partial charge in [-0.15, -0.1) is 0 Å². The number of rotatable bonds is 6. The van der Waals surface area contributed by atoms with Gasteiger partial charge in [0.05, 0.1) is 10.5 Å². The fourth-order valence-corrected chi connectivity index (χ4v) is 7.21. The van der Waals surface area contributed by atoms with E-state index in [0.717, 1.165) is 18.2 Å². The van der Waals surface area contributed by atoms with Gasteiger partial charge in [-0.1, -0.05) is 26.8 Å². The molecule has 8 nitrogen and oxygen atoms in total. The summed E-state index contributed by atoms with van der Waals surface area (Å²) in [7, 11) is -4.17. The smallest absolute Gasteiger partial charge is 0.416 e. The van der Waals surface area contributed by atoms with Crippen LogP contribution in [-0.4, -0.2) is 65.4 Å². The molecular formula is C26H38F3N3O5S. The fraction of sp³-hybridized carbons (Fsp3) is 0.692. The second-order valence-corrected chi connectivity index (χ2v) is 14.5. The molecule has 1 saturated carbocycles. The van der Waals surface area contributed by atoms with Crippen LogP contribution in [0.15, 0.2) is 29.2 Å². The standard InChI is InChI=1S/C26H38F3N3O5S/c1-24(2,3)13-21(32(23(34)35)25(4,5)6)22(33)30-20-11-10-16-14-31(15-19(16)20)38(36,37)18-9-7-8-17(12-18)26(27,28)29/h7-9,12,16,19-21H,10-11,13-15H2,1-6H3,(H,30,33)(H,34,35)/t16-,19+,20+,21+/m1/s1. The van der Waals surface area contributed by atoms with Crippen LogP contribution in [0.3, 0.4) is 0 Å². The zero-order chi connectivity index (χ0) is 28.8. The molecule has 2 N–H and O–H groups in total. The van der Waals surface area contributed by atoms with Crippen LogP contribution in [0.25, 0.3) is 0 Å². The number of hydrogen-bond donors (Lipinski definition) is 2. The van der Waals surface area contributed by atoms with Gasteiger partial charge in [0.15, 0.2) is 0 Å². The first kappa shape index (κ1) is 30.2. The maximum absolute atomic E-state index is 13.5. The van der Waals surface area contributed by atoms with Gasteiger partial charge in [-0.25, -0.2) is 13.2 Å². The van der Waals surface area contributed by atoms with E-state index in [4.69, 9.17) is 0 Å². The van der Waals surface area contributed by atoms with Crippen LogP contribution in [0.2, 0.25) is 0 Å². The number of carbonyl (C=O) groups is 2. The number of halogens is 3. The van der Waals surface area contributed by atoms with Crippen LogP contribution in [0, 0.1) is 17.3 Å². The summed E-state index contributed by atoms with van der Waals surface area (Å²) in [6.07, 6.45) is -4.31. The summed E-state index contributed by atoms with van der Waals surface area (Å²) >= 11 is 0. The van der Waals surface area contributed by atoms with Gasteiger partial charge < -0.3 is 10.4 Å². The van der Waals surface area contributed by atoms with Crippen molar-refractivity contribution in [1.82, 2.24) is 14.5 Å².